The van der Waals surface area contributed by atoms with E-state index in [1.165, 1.54) is 18.2 Å². The van der Waals surface area contributed by atoms with Crippen LogP contribution in [0.15, 0.2) is 54.6 Å². The molecule has 0 amide bonds. The number of rotatable bonds is 5. The fourth-order valence-electron chi connectivity index (χ4n) is 1.79. The number of non-ortho nitro benzene ring substituents is 1. The summed E-state index contributed by atoms with van der Waals surface area (Å²) < 4.78 is 5.11. The second kappa shape index (κ2) is 6.62. The van der Waals surface area contributed by atoms with Crippen molar-refractivity contribution >= 4 is 11.7 Å². The van der Waals surface area contributed by atoms with E-state index < -0.39 is 16.9 Å². The van der Waals surface area contributed by atoms with E-state index in [4.69, 9.17) is 10.5 Å². The molecule has 0 aliphatic carbocycles. The summed E-state index contributed by atoms with van der Waals surface area (Å²) in [5, 5.41) is 10.7. The molecular formula is C15H14N2O4. The molecule has 1 atom stereocenters. The van der Waals surface area contributed by atoms with Crippen LogP contribution in [0, 0.1) is 10.1 Å². The molecule has 0 radical (unpaired) electrons. The van der Waals surface area contributed by atoms with Gasteiger partial charge in [-0.05, 0) is 11.1 Å². The molecule has 0 bridgehead atoms. The molecular weight excluding hydrogens is 272 g/mol. The molecule has 21 heavy (non-hydrogen) atoms. The van der Waals surface area contributed by atoms with Crippen molar-refractivity contribution in [3.8, 4) is 0 Å². The van der Waals surface area contributed by atoms with Crippen molar-refractivity contribution in [2.45, 2.75) is 12.6 Å². The number of nitro groups is 1. The van der Waals surface area contributed by atoms with E-state index in [1.807, 2.05) is 30.3 Å². The molecule has 6 heteroatoms. The summed E-state index contributed by atoms with van der Waals surface area (Å²) in [6, 6.07) is 13.8. The fraction of sp³-hybridized carbons (Fsp3) is 0.133. The zero-order chi connectivity index (χ0) is 15.2. The average Bonchev–Trinajstić information content (AvgIpc) is 2.53. The molecule has 0 aromatic heterocycles. The van der Waals surface area contributed by atoms with Gasteiger partial charge in [-0.2, -0.15) is 0 Å². The molecule has 0 fully saturated rings. The molecule has 0 unspecified atom stereocenters. The number of hydrogen-bond acceptors (Lipinski definition) is 5. The minimum atomic E-state index is -1.05. The first-order valence-electron chi connectivity index (χ1n) is 6.28. The highest BCUT2D eigenvalue weighted by Gasteiger charge is 2.19. The fourth-order valence-corrected chi connectivity index (χ4v) is 1.79. The van der Waals surface area contributed by atoms with E-state index in [0.717, 1.165) is 5.56 Å². The molecule has 0 saturated heterocycles. The third-order valence-electron chi connectivity index (χ3n) is 2.92. The average molecular weight is 286 g/mol. The molecule has 108 valence electrons. The highest BCUT2D eigenvalue weighted by atomic mass is 16.6. The standard InChI is InChI=1S/C15H14N2O4/c16-14(12-7-4-8-13(9-12)17(19)20)15(18)21-10-11-5-2-1-3-6-11/h1-9,14H,10,16H2/t14-/m0/s1. The number of benzene rings is 2. The number of ether oxygens (including phenoxy) is 1. The van der Waals surface area contributed by atoms with Crippen LogP contribution in [-0.2, 0) is 16.1 Å². The minimum Gasteiger partial charge on any atom is -0.459 e. The Labute approximate surface area is 121 Å². The van der Waals surface area contributed by atoms with Gasteiger partial charge < -0.3 is 10.5 Å². The Hall–Kier alpha value is -2.73. The SMILES string of the molecule is N[C@H](C(=O)OCc1ccccc1)c1cccc([N+](=O)[O-])c1. The van der Waals surface area contributed by atoms with Crippen LogP contribution in [0.1, 0.15) is 17.2 Å². The molecule has 2 aromatic carbocycles. The Balaban J connectivity index is 2.02. The van der Waals surface area contributed by atoms with Crippen molar-refractivity contribution in [2.24, 2.45) is 5.73 Å². The van der Waals surface area contributed by atoms with Crippen molar-refractivity contribution in [3.05, 3.63) is 75.8 Å². The van der Waals surface area contributed by atoms with Crippen molar-refractivity contribution in [2.75, 3.05) is 0 Å². The van der Waals surface area contributed by atoms with Gasteiger partial charge in [0.2, 0.25) is 0 Å². The summed E-state index contributed by atoms with van der Waals surface area (Å²) in [4.78, 5) is 22.0. The zero-order valence-electron chi connectivity index (χ0n) is 11.1. The highest BCUT2D eigenvalue weighted by Crippen LogP contribution is 2.19. The number of carbonyl (C=O) groups excluding carboxylic acids is 1. The number of carbonyl (C=O) groups is 1. The molecule has 2 N–H and O–H groups in total. The summed E-state index contributed by atoms with van der Waals surface area (Å²) in [6.45, 7) is 0.113. The maximum Gasteiger partial charge on any atom is 0.327 e. The smallest absolute Gasteiger partial charge is 0.327 e. The maximum absolute atomic E-state index is 11.9. The van der Waals surface area contributed by atoms with Crippen LogP contribution in [-0.4, -0.2) is 10.9 Å². The first-order valence-corrected chi connectivity index (χ1v) is 6.28. The van der Waals surface area contributed by atoms with Crippen LogP contribution >= 0.6 is 0 Å². The first-order chi connectivity index (χ1) is 10.1. The van der Waals surface area contributed by atoms with E-state index >= 15 is 0 Å². The number of nitrogens with zero attached hydrogens (tertiary/aromatic N) is 1. The lowest BCUT2D eigenvalue weighted by molar-refractivity contribution is -0.384. The molecule has 0 saturated carbocycles. The summed E-state index contributed by atoms with van der Waals surface area (Å²) in [5.74, 6) is -0.626. The lowest BCUT2D eigenvalue weighted by atomic mass is 10.1. The molecule has 6 nitrogen and oxygen atoms in total. The van der Waals surface area contributed by atoms with Crippen LogP contribution in [0.4, 0.5) is 5.69 Å². The van der Waals surface area contributed by atoms with Gasteiger partial charge in [0.25, 0.3) is 5.69 Å². The summed E-state index contributed by atoms with van der Waals surface area (Å²) in [6.07, 6.45) is 0. The second-order valence-electron chi connectivity index (χ2n) is 4.42. The topological polar surface area (TPSA) is 95.5 Å². The zero-order valence-corrected chi connectivity index (χ0v) is 11.1. The summed E-state index contributed by atoms with van der Waals surface area (Å²) >= 11 is 0. The molecule has 0 aliphatic rings. The third kappa shape index (κ3) is 3.87. The van der Waals surface area contributed by atoms with Gasteiger partial charge in [-0.3, -0.25) is 10.1 Å². The van der Waals surface area contributed by atoms with Crippen LogP contribution in [0.2, 0.25) is 0 Å². The Morgan fingerprint density at radius 3 is 2.57 bits per heavy atom. The van der Waals surface area contributed by atoms with Crippen molar-refractivity contribution in [3.63, 3.8) is 0 Å². The second-order valence-corrected chi connectivity index (χ2v) is 4.42. The van der Waals surface area contributed by atoms with Gasteiger partial charge in [0.15, 0.2) is 0 Å². The highest BCUT2D eigenvalue weighted by molar-refractivity contribution is 5.77. The van der Waals surface area contributed by atoms with Crippen molar-refractivity contribution < 1.29 is 14.5 Å². The number of hydrogen-bond donors (Lipinski definition) is 1. The van der Waals surface area contributed by atoms with E-state index in [-0.39, 0.29) is 12.3 Å². The molecule has 2 aromatic rings. The van der Waals surface area contributed by atoms with E-state index in [9.17, 15) is 14.9 Å². The molecule has 2 rings (SSSR count). The minimum absolute atomic E-state index is 0.112. The van der Waals surface area contributed by atoms with E-state index in [2.05, 4.69) is 0 Å². The largest absolute Gasteiger partial charge is 0.459 e. The Kier molecular flexibility index (Phi) is 4.63. The monoisotopic (exact) mass is 286 g/mol. The van der Waals surface area contributed by atoms with Crippen molar-refractivity contribution in [1.29, 1.82) is 0 Å². The summed E-state index contributed by atoms with van der Waals surface area (Å²) in [5.41, 5.74) is 6.86. The molecule has 0 spiro atoms. The van der Waals surface area contributed by atoms with Crippen LogP contribution < -0.4 is 5.73 Å². The van der Waals surface area contributed by atoms with E-state index in [0.29, 0.717) is 5.56 Å². The number of esters is 1. The van der Waals surface area contributed by atoms with Gasteiger partial charge in [-0.15, -0.1) is 0 Å². The predicted molar refractivity (Wildman–Crippen MR) is 76.3 cm³/mol. The predicted octanol–water partition coefficient (Wildman–Crippen LogP) is 2.34. The quantitative estimate of drug-likeness (QED) is 0.517. The van der Waals surface area contributed by atoms with E-state index in [1.54, 1.807) is 6.07 Å². The lowest BCUT2D eigenvalue weighted by Crippen LogP contribution is -2.23. The third-order valence-corrected chi connectivity index (χ3v) is 2.92. The molecule has 0 aliphatic heterocycles. The Morgan fingerprint density at radius 2 is 1.90 bits per heavy atom. The van der Waals surface area contributed by atoms with Crippen LogP contribution in [0.25, 0.3) is 0 Å². The number of nitrogens with two attached hydrogens (primary N) is 1. The van der Waals surface area contributed by atoms with Crippen LogP contribution in [0.5, 0.6) is 0 Å². The van der Waals surface area contributed by atoms with Gasteiger partial charge >= 0.3 is 5.97 Å². The van der Waals surface area contributed by atoms with Gasteiger partial charge in [0.05, 0.1) is 4.92 Å². The van der Waals surface area contributed by atoms with Crippen molar-refractivity contribution in [1.82, 2.24) is 0 Å². The first kappa shape index (κ1) is 14.7. The maximum atomic E-state index is 11.9. The van der Waals surface area contributed by atoms with Crippen LogP contribution in [0.3, 0.4) is 0 Å². The Morgan fingerprint density at radius 1 is 1.19 bits per heavy atom. The molecule has 0 heterocycles. The normalized spacial score (nSPS) is 11.7. The van der Waals surface area contributed by atoms with Gasteiger partial charge in [0, 0.05) is 12.1 Å². The lowest BCUT2D eigenvalue weighted by Gasteiger charge is -2.11. The van der Waals surface area contributed by atoms with Gasteiger partial charge in [-0.25, -0.2) is 4.79 Å². The number of nitro benzene ring substituents is 1. The summed E-state index contributed by atoms with van der Waals surface area (Å²) in [7, 11) is 0. The Bertz CT molecular complexity index is 643. The van der Waals surface area contributed by atoms with Gasteiger partial charge in [-0.1, -0.05) is 42.5 Å². The van der Waals surface area contributed by atoms with Gasteiger partial charge in [0.1, 0.15) is 12.6 Å².